The van der Waals surface area contributed by atoms with Crippen molar-refractivity contribution in [1.29, 1.82) is 0 Å². The van der Waals surface area contributed by atoms with Gasteiger partial charge >= 0.3 is 5.97 Å². The molecule has 0 aromatic rings. The van der Waals surface area contributed by atoms with Crippen LogP contribution in [0.25, 0.3) is 0 Å². The summed E-state index contributed by atoms with van der Waals surface area (Å²) in [6, 6.07) is 0. The summed E-state index contributed by atoms with van der Waals surface area (Å²) >= 11 is 0. The summed E-state index contributed by atoms with van der Waals surface area (Å²) in [4.78, 5) is 10.7. The number of hydrogen-bond donors (Lipinski definition) is 2. The van der Waals surface area contributed by atoms with E-state index in [0.717, 1.165) is 25.8 Å². The molecule has 14 heavy (non-hydrogen) atoms. The van der Waals surface area contributed by atoms with Crippen molar-refractivity contribution in [3.05, 3.63) is 12.3 Å². The predicted octanol–water partition coefficient (Wildman–Crippen LogP) is 0.425. The van der Waals surface area contributed by atoms with Gasteiger partial charge in [-0.2, -0.15) is 0 Å². The zero-order chi connectivity index (χ0) is 10.4. The molecule has 0 radical (unpaired) electrons. The van der Waals surface area contributed by atoms with Gasteiger partial charge in [-0.15, -0.1) is 0 Å². The molecule has 1 aliphatic carbocycles. The van der Waals surface area contributed by atoms with Crippen LogP contribution in [-0.4, -0.2) is 31.3 Å². The van der Waals surface area contributed by atoms with Gasteiger partial charge in [0.25, 0.3) is 0 Å². The summed E-state index contributed by atoms with van der Waals surface area (Å²) < 4.78 is 4.44. The number of ether oxygens (including phenoxy) is 1. The first-order chi connectivity index (χ1) is 6.72. The highest BCUT2D eigenvalue weighted by atomic mass is 16.5. The Kier molecular flexibility index (Phi) is 3.95. The van der Waals surface area contributed by atoms with E-state index in [1.165, 1.54) is 13.2 Å². The van der Waals surface area contributed by atoms with E-state index in [4.69, 9.17) is 5.11 Å². The third-order valence-electron chi connectivity index (χ3n) is 2.61. The van der Waals surface area contributed by atoms with E-state index < -0.39 is 0 Å². The lowest BCUT2D eigenvalue weighted by Gasteiger charge is -2.12. The molecule has 0 aromatic carbocycles. The molecule has 0 bridgehead atoms. The van der Waals surface area contributed by atoms with Crippen LogP contribution in [0.15, 0.2) is 12.3 Å². The predicted molar refractivity (Wildman–Crippen MR) is 52.5 cm³/mol. The summed E-state index contributed by atoms with van der Waals surface area (Å²) in [5, 5.41) is 11.9. The number of hydrogen-bond acceptors (Lipinski definition) is 4. The van der Waals surface area contributed by atoms with E-state index in [9.17, 15) is 4.79 Å². The van der Waals surface area contributed by atoms with Crippen LogP contribution in [0.5, 0.6) is 0 Å². The zero-order valence-corrected chi connectivity index (χ0v) is 8.45. The van der Waals surface area contributed by atoms with Crippen molar-refractivity contribution in [2.45, 2.75) is 19.3 Å². The standard InChI is InChI=1S/C10H17NO3/c1-14-9(13)2-6-11-8-10(3-4-10)5-7-12/h2,6,11-12H,3-5,7-8H2,1H3/b6-2+. The van der Waals surface area contributed by atoms with Crippen LogP contribution in [-0.2, 0) is 9.53 Å². The van der Waals surface area contributed by atoms with Crippen LogP contribution in [0, 0.1) is 5.41 Å². The summed E-state index contributed by atoms with van der Waals surface area (Å²) in [6.45, 7) is 1.06. The third-order valence-corrected chi connectivity index (χ3v) is 2.61. The van der Waals surface area contributed by atoms with Crippen molar-refractivity contribution >= 4 is 5.97 Å². The fourth-order valence-corrected chi connectivity index (χ4v) is 1.40. The topological polar surface area (TPSA) is 58.6 Å². The number of nitrogens with one attached hydrogen (secondary N) is 1. The average Bonchev–Trinajstić information content (AvgIpc) is 2.93. The van der Waals surface area contributed by atoms with Gasteiger partial charge in [0, 0.05) is 25.4 Å². The van der Waals surface area contributed by atoms with E-state index in [0.29, 0.717) is 0 Å². The molecule has 0 atom stereocenters. The van der Waals surface area contributed by atoms with Gasteiger partial charge in [-0.05, 0) is 24.7 Å². The third kappa shape index (κ3) is 3.38. The average molecular weight is 199 g/mol. The van der Waals surface area contributed by atoms with Gasteiger partial charge in [-0.25, -0.2) is 4.79 Å². The van der Waals surface area contributed by atoms with Crippen LogP contribution in [0.3, 0.4) is 0 Å². The molecular weight excluding hydrogens is 182 g/mol. The molecule has 1 saturated carbocycles. The van der Waals surface area contributed by atoms with Crippen LogP contribution >= 0.6 is 0 Å². The summed E-state index contributed by atoms with van der Waals surface area (Å²) in [6.07, 6.45) is 6.11. The molecule has 0 spiro atoms. The summed E-state index contributed by atoms with van der Waals surface area (Å²) in [5.41, 5.74) is 0.273. The lowest BCUT2D eigenvalue weighted by molar-refractivity contribution is -0.134. The molecule has 4 heteroatoms. The second-order valence-electron chi connectivity index (χ2n) is 3.71. The number of aliphatic hydroxyl groups is 1. The van der Waals surface area contributed by atoms with Crippen LogP contribution in [0.2, 0.25) is 0 Å². The Morgan fingerprint density at radius 3 is 2.86 bits per heavy atom. The van der Waals surface area contributed by atoms with E-state index in [-0.39, 0.29) is 18.0 Å². The highest BCUT2D eigenvalue weighted by molar-refractivity contribution is 5.81. The maximum atomic E-state index is 10.7. The molecule has 0 saturated heterocycles. The van der Waals surface area contributed by atoms with Gasteiger partial charge in [-0.1, -0.05) is 0 Å². The van der Waals surface area contributed by atoms with E-state index in [1.807, 2.05) is 0 Å². The maximum absolute atomic E-state index is 10.7. The molecule has 0 amide bonds. The van der Waals surface area contributed by atoms with Gasteiger partial charge in [0.15, 0.2) is 0 Å². The highest BCUT2D eigenvalue weighted by Gasteiger charge is 2.41. The molecule has 1 rings (SSSR count). The summed E-state index contributed by atoms with van der Waals surface area (Å²) in [5.74, 6) is -0.357. The zero-order valence-electron chi connectivity index (χ0n) is 8.45. The number of aliphatic hydroxyl groups excluding tert-OH is 1. The van der Waals surface area contributed by atoms with E-state index in [1.54, 1.807) is 6.20 Å². The number of methoxy groups -OCH3 is 1. The Hall–Kier alpha value is -1.03. The van der Waals surface area contributed by atoms with Crippen LogP contribution in [0.1, 0.15) is 19.3 Å². The van der Waals surface area contributed by atoms with Crippen molar-refractivity contribution in [3.63, 3.8) is 0 Å². The number of carbonyl (C=O) groups excluding carboxylic acids is 1. The fourth-order valence-electron chi connectivity index (χ4n) is 1.40. The molecule has 80 valence electrons. The molecule has 2 N–H and O–H groups in total. The molecular formula is C10H17NO3. The SMILES string of the molecule is COC(=O)/C=C/NCC1(CCO)CC1. The minimum absolute atomic E-state index is 0.238. The first kappa shape index (κ1) is 11.0. The van der Waals surface area contributed by atoms with E-state index >= 15 is 0 Å². The highest BCUT2D eigenvalue weighted by Crippen LogP contribution is 2.47. The molecule has 4 nitrogen and oxygen atoms in total. The molecule has 0 heterocycles. The number of carbonyl (C=O) groups is 1. The van der Waals surface area contributed by atoms with Crippen LogP contribution < -0.4 is 5.32 Å². The van der Waals surface area contributed by atoms with Gasteiger partial charge in [0.2, 0.25) is 0 Å². The van der Waals surface area contributed by atoms with Crippen LogP contribution in [0.4, 0.5) is 0 Å². The largest absolute Gasteiger partial charge is 0.466 e. The number of esters is 1. The molecule has 0 aliphatic heterocycles. The Bertz CT molecular complexity index is 221. The van der Waals surface area contributed by atoms with Gasteiger partial charge in [-0.3, -0.25) is 0 Å². The lowest BCUT2D eigenvalue weighted by atomic mass is 10.0. The second kappa shape index (κ2) is 5.00. The van der Waals surface area contributed by atoms with Crippen molar-refractivity contribution in [2.24, 2.45) is 5.41 Å². The van der Waals surface area contributed by atoms with Gasteiger partial charge < -0.3 is 15.2 Å². The normalized spacial score (nSPS) is 18.1. The molecule has 1 fully saturated rings. The van der Waals surface area contributed by atoms with Gasteiger partial charge in [0.1, 0.15) is 0 Å². The van der Waals surface area contributed by atoms with Gasteiger partial charge in [0.05, 0.1) is 7.11 Å². The Balaban J connectivity index is 2.15. The minimum atomic E-state index is -0.357. The Morgan fingerprint density at radius 2 is 2.36 bits per heavy atom. The fraction of sp³-hybridized carbons (Fsp3) is 0.700. The van der Waals surface area contributed by atoms with Crippen molar-refractivity contribution < 1.29 is 14.6 Å². The van der Waals surface area contributed by atoms with E-state index in [2.05, 4.69) is 10.1 Å². The second-order valence-corrected chi connectivity index (χ2v) is 3.71. The van der Waals surface area contributed by atoms with Crippen molar-refractivity contribution in [2.75, 3.05) is 20.3 Å². The first-order valence-electron chi connectivity index (χ1n) is 4.81. The molecule has 1 aliphatic rings. The van der Waals surface area contributed by atoms with Crippen molar-refractivity contribution in [1.82, 2.24) is 5.32 Å². The Morgan fingerprint density at radius 1 is 1.64 bits per heavy atom. The Labute approximate surface area is 83.9 Å². The quantitative estimate of drug-likeness (QED) is 0.481. The smallest absolute Gasteiger partial charge is 0.331 e. The summed E-state index contributed by atoms with van der Waals surface area (Å²) in [7, 11) is 1.35. The maximum Gasteiger partial charge on any atom is 0.331 e. The molecule has 0 unspecified atom stereocenters. The number of rotatable bonds is 6. The molecule has 0 aromatic heterocycles. The lowest BCUT2D eigenvalue weighted by Crippen LogP contribution is -2.20. The first-order valence-corrected chi connectivity index (χ1v) is 4.81. The minimum Gasteiger partial charge on any atom is -0.466 e. The van der Waals surface area contributed by atoms with Crippen molar-refractivity contribution in [3.8, 4) is 0 Å². The monoisotopic (exact) mass is 199 g/mol.